The number of hydrogen-bond acceptors (Lipinski definition) is 4. The maximum Gasteiger partial charge on any atom is 0.332 e. The lowest BCUT2D eigenvalue weighted by molar-refractivity contribution is -0.121. The van der Waals surface area contributed by atoms with Crippen LogP contribution >= 0.6 is 0 Å². The summed E-state index contributed by atoms with van der Waals surface area (Å²) in [4.78, 5) is 39.0. The van der Waals surface area contributed by atoms with Gasteiger partial charge in [-0.05, 0) is 0 Å². The number of carbonyl (C=O) groups excluding carboxylic acids is 1. The van der Waals surface area contributed by atoms with Crippen LogP contribution in [-0.4, -0.2) is 31.6 Å². The lowest BCUT2D eigenvalue weighted by Crippen LogP contribution is -2.38. The van der Waals surface area contributed by atoms with E-state index in [0.717, 1.165) is 4.57 Å². The molecule has 8 heteroatoms. The van der Waals surface area contributed by atoms with Crippen molar-refractivity contribution >= 4 is 17.1 Å². The van der Waals surface area contributed by atoms with Gasteiger partial charge in [0.05, 0.1) is 6.33 Å². The van der Waals surface area contributed by atoms with E-state index in [1.165, 1.54) is 36.6 Å². The lowest BCUT2D eigenvalue weighted by Gasteiger charge is -2.05. The van der Waals surface area contributed by atoms with Gasteiger partial charge in [-0.3, -0.25) is 18.7 Å². The minimum Gasteiger partial charge on any atom is -0.358 e. The van der Waals surface area contributed by atoms with E-state index in [2.05, 4.69) is 10.3 Å². The van der Waals surface area contributed by atoms with Crippen LogP contribution in [-0.2, 0) is 25.4 Å². The topological polar surface area (TPSA) is 90.9 Å². The first-order chi connectivity index (χ1) is 8.47. The zero-order valence-corrected chi connectivity index (χ0v) is 10.3. The number of likely N-dealkylation sites (N-methyl/N-ethyl adjacent to an activating group) is 1. The fourth-order valence-corrected chi connectivity index (χ4v) is 1.75. The van der Waals surface area contributed by atoms with Crippen LogP contribution in [0.4, 0.5) is 0 Å². The van der Waals surface area contributed by atoms with E-state index < -0.39 is 11.2 Å². The van der Waals surface area contributed by atoms with Gasteiger partial charge < -0.3 is 9.88 Å². The number of fused-ring (bicyclic) bond motifs is 1. The third kappa shape index (κ3) is 1.62. The van der Waals surface area contributed by atoms with E-state index in [-0.39, 0.29) is 23.6 Å². The number of hydrogen-bond donors (Lipinski definition) is 1. The third-order valence-electron chi connectivity index (χ3n) is 2.81. The van der Waals surface area contributed by atoms with E-state index in [9.17, 15) is 14.4 Å². The first-order valence-electron chi connectivity index (χ1n) is 5.28. The standard InChI is InChI=1S/C10H13N5O3/c1-11-6(16)4-15-5-12-8-7(15)9(17)14(3)10(18)13(8)2/h5H,4H2,1-3H3,(H,11,16). The van der Waals surface area contributed by atoms with Crippen LogP contribution < -0.4 is 16.6 Å². The Morgan fingerprint density at radius 1 is 1.33 bits per heavy atom. The maximum atomic E-state index is 12.0. The van der Waals surface area contributed by atoms with Gasteiger partial charge in [0.15, 0.2) is 11.2 Å². The molecule has 0 fully saturated rings. The molecule has 0 unspecified atom stereocenters. The van der Waals surface area contributed by atoms with Crippen molar-refractivity contribution in [2.45, 2.75) is 6.54 Å². The summed E-state index contributed by atoms with van der Waals surface area (Å²) >= 11 is 0. The second-order valence-electron chi connectivity index (χ2n) is 3.92. The Kier molecular flexibility index (Phi) is 2.77. The van der Waals surface area contributed by atoms with Crippen LogP contribution in [0, 0.1) is 0 Å². The Balaban J connectivity index is 2.78. The van der Waals surface area contributed by atoms with Crippen LogP contribution in [0.1, 0.15) is 0 Å². The number of nitrogens with one attached hydrogen (secondary N) is 1. The monoisotopic (exact) mass is 251 g/mol. The van der Waals surface area contributed by atoms with Crippen LogP contribution in [0.3, 0.4) is 0 Å². The summed E-state index contributed by atoms with van der Waals surface area (Å²) in [5, 5.41) is 2.46. The van der Waals surface area contributed by atoms with E-state index in [1.807, 2.05) is 0 Å². The summed E-state index contributed by atoms with van der Waals surface area (Å²) in [5.74, 6) is -0.245. The van der Waals surface area contributed by atoms with Gasteiger partial charge in [0.1, 0.15) is 6.54 Å². The molecule has 0 spiro atoms. The van der Waals surface area contributed by atoms with Crippen LogP contribution in [0.2, 0.25) is 0 Å². The first kappa shape index (κ1) is 12.1. The average Bonchev–Trinajstić information content (AvgIpc) is 2.77. The Labute approximate surface area is 101 Å². The molecule has 1 amide bonds. The van der Waals surface area contributed by atoms with Crippen molar-refractivity contribution < 1.29 is 4.79 Å². The van der Waals surface area contributed by atoms with Crippen molar-refractivity contribution in [3.8, 4) is 0 Å². The molecule has 2 rings (SSSR count). The molecule has 0 aliphatic carbocycles. The summed E-state index contributed by atoms with van der Waals surface area (Å²) in [6, 6.07) is 0. The lowest BCUT2D eigenvalue weighted by atomic mass is 10.4. The molecule has 0 aliphatic rings. The van der Waals surface area contributed by atoms with Gasteiger partial charge in [-0.1, -0.05) is 0 Å². The zero-order chi connectivity index (χ0) is 13.4. The quantitative estimate of drug-likeness (QED) is 0.680. The van der Waals surface area contributed by atoms with Crippen molar-refractivity contribution in [1.82, 2.24) is 24.0 Å². The molecule has 0 saturated heterocycles. The normalized spacial score (nSPS) is 10.8. The zero-order valence-electron chi connectivity index (χ0n) is 10.3. The average molecular weight is 251 g/mol. The van der Waals surface area contributed by atoms with Crippen LogP contribution in [0.25, 0.3) is 11.2 Å². The molecule has 2 aromatic rings. The maximum absolute atomic E-state index is 12.0. The van der Waals surface area contributed by atoms with E-state index in [1.54, 1.807) is 0 Å². The Bertz CT molecular complexity index is 736. The van der Waals surface area contributed by atoms with Crippen molar-refractivity contribution in [3.63, 3.8) is 0 Å². The SMILES string of the molecule is CNC(=O)Cn1cnc2c1c(=O)n(C)c(=O)n2C. The van der Waals surface area contributed by atoms with Crippen LogP contribution in [0.15, 0.2) is 15.9 Å². The summed E-state index contributed by atoms with van der Waals surface area (Å²) < 4.78 is 3.69. The van der Waals surface area contributed by atoms with Crippen molar-refractivity contribution in [1.29, 1.82) is 0 Å². The second-order valence-corrected chi connectivity index (χ2v) is 3.92. The molecular formula is C10H13N5O3. The Hall–Kier alpha value is -2.38. The largest absolute Gasteiger partial charge is 0.358 e. The minimum absolute atomic E-state index is 0.0134. The Morgan fingerprint density at radius 2 is 2.00 bits per heavy atom. The predicted octanol–water partition coefficient (Wildman–Crippen LogP) is -1.82. The predicted molar refractivity (Wildman–Crippen MR) is 64.3 cm³/mol. The highest BCUT2D eigenvalue weighted by Crippen LogP contribution is 2.04. The molecule has 1 N–H and O–H groups in total. The second kappa shape index (κ2) is 4.13. The number of carbonyl (C=O) groups is 1. The van der Waals surface area contributed by atoms with Gasteiger partial charge in [-0.2, -0.15) is 0 Å². The number of imidazole rings is 1. The number of aryl methyl sites for hydroxylation is 1. The number of nitrogens with zero attached hydrogens (tertiary/aromatic N) is 4. The fraction of sp³-hybridized carbons (Fsp3) is 0.400. The number of aromatic nitrogens is 4. The summed E-state index contributed by atoms with van der Waals surface area (Å²) in [6.07, 6.45) is 1.38. The summed E-state index contributed by atoms with van der Waals surface area (Å²) in [6.45, 7) is -0.0134. The van der Waals surface area contributed by atoms with Gasteiger partial charge in [0.25, 0.3) is 5.56 Å². The minimum atomic E-state index is -0.463. The van der Waals surface area contributed by atoms with Gasteiger partial charge in [-0.15, -0.1) is 0 Å². The van der Waals surface area contributed by atoms with Gasteiger partial charge >= 0.3 is 5.69 Å². The molecule has 96 valence electrons. The molecule has 0 bridgehead atoms. The Morgan fingerprint density at radius 3 is 2.61 bits per heavy atom. The molecule has 2 aromatic heterocycles. The van der Waals surface area contributed by atoms with Gasteiger partial charge in [-0.25, -0.2) is 9.78 Å². The smallest absolute Gasteiger partial charge is 0.332 e. The van der Waals surface area contributed by atoms with Gasteiger partial charge in [0.2, 0.25) is 5.91 Å². The van der Waals surface area contributed by atoms with Crippen molar-refractivity contribution in [2.75, 3.05) is 7.05 Å². The molecule has 8 nitrogen and oxygen atoms in total. The molecule has 18 heavy (non-hydrogen) atoms. The molecular weight excluding hydrogens is 238 g/mol. The molecule has 0 atom stereocenters. The van der Waals surface area contributed by atoms with Crippen LogP contribution in [0.5, 0.6) is 0 Å². The van der Waals surface area contributed by atoms with E-state index in [4.69, 9.17) is 0 Å². The van der Waals surface area contributed by atoms with Crippen molar-refractivity contribution in [3.05, 3.63) is 27.2 Å². The fourth-order valence-electron chi connectivity index (χ4n) is 1.75. The third-order valence-corrected chi connectivity index (χ3v) is 2.81. The molecule has 2 heterocycles. The molecule has 0 radical (unpaired) electrons. The summed E-state index contributed by atoms with van der Waals surface area (Å²) in [7, 11) is 4.43. The first-order valence-corrected chi connectivity index (χ1v) is 5.28. The summed E-state index contributed by atoms with van der Waals surface area (Å²) in [5.41, 5.74) is -0.401. The molecule has 0 aliphatic heterocycles. The highest BCUT2D eigenvalue weighted by molar-refractivity contribution is 5.78. The van der Waals surface area contributed by atoms with Gasteiger partial charge in [0, 0.05) is 21.1 Å². The molecule has 0 saturated carbocycles. The van der Waals surface area contributed by atoms with E-state index in [0.29, 0.717) is 0 Å². The highest BCUT2D eigenvalue weighted by Gasteiger charge is 2.15. The number of amides is 1. The van der Waals surface area contributed by atoms with Crippen molar-refractivity contribution in [2.24, 2.45) is 14.1 Å². The molecule has 0 aromatic carbocycles. The highest BCUT2D eigenvalue weighted by atomic mass is 16.2. The van der Waals surface area contributed by atoms with E-state index >= 15 is 0 Å². The number of rotatable bonds is 2.